The van der Waals surface area contributed by atoms with Crippen molar-refractivity contribution in [2.45, 2.75) is 6.54 Å². The lowest BCUT2D eigenvalue weighted by Crippen LogP contribution is -2.34. The number of benzene rings is 1. The summed E-state index contributed by atoms with van der Waals surface area (Å²) < 4.78 is 1.24. The number of hydrogen-bond acceptors (Lipinski definition) is 6. The Balaban J connectivity index is 1.80. The summed E-state index contributed by atoms with van der Waals surface area (Å²) >= 11 is 1.35. The van der Waals surface area contributed by atoms with Gasteiger partial charge in [0.15, 0.2) is 5.13 Å². The van der Waals surface area contributed by atoms with Crippen molar-refractivity contribution in [2.75, 3.05) is 11.4 Å². The molecule has 0 fully saturated rings. The first kappa shape index (κ1) is 17.5. The lowest BCUT2D eigenvalue weighted by Gasteiger charge is -2.17. The summed E-state index contributed by atoms with van der Waals surface area (Å²) in [6, 6.07) is 10.9. The highest BCUT2D eigenvalue weighted by molar-refractivity contribution is 7.14. The number of hydrogen-bond donors (Lipinski definition) is 0. The van der Waals surface area contributed by atoms with Gasteiger partial charge in [-0.15, -0.1) is 17.9 Å². The van der Waals surface area contributed by atoms with Crippen LogP contribution in [0.4, 0.5) is 10.9 Å². The largest absolute Gasteiger partial charge is 0.389 e. The fraction of sp³-hybridized carbons (Fsp3) is 0.118. The first-order valence-electron chi connectivity index (χ1n) is 7.68. The van der Waals surface area contributed by atoms with E-state index in [-0.39, 0.29) is 24.8 Å². The van der Waals surface area contributed by atoms with Gasteiger partial charge in [-0.25, -0.2) is 4.98 Å². The number of rotatable bonds is 7. The van der Waals surface area contributed by atoms with Crippen LogP contribution in [0.3, 0.4) is 0 Å². The summed E-state index contributed by atoms with van der Waals surface area (Å²) in [6.07, 6.45) is 3.01. The monoisotopic (exact) mass is 369 g/mol. The third kappa shape index (κ3) is 3.83. The molecule has 3 aromatic rings. The van der Waals surface area contributed by atoms with Crippen LogP contribution in [-0.4, -0.2) is 32.1 Å². The van der Waals surface area contributed by atoms with E-state index in [2.05, 4.69) is 16.7 Å². The Bertz CT molecular complexity index is 935. The van der Waals surface area contributed by atoms with Crippen molar-refractivity contribution in [3.63, 3.8) is 0 Å². The van der Waals surface area contributed by atoms with E-state index in [0.717, 1.165) is 11.3 Å². The van der Waals surface area contributed by atoms with E-state index >= 15 is 0 Å². The zero-order valence-corrected chi connectivity index (χ0v) is 14.5. The molecule has 0 aliphatic rings. The Hall–Kier alpha value is -3.33. The number of amides is 1. The Morgan fingerprint density at radius 1 is 1.35 bits per heavy atom. The molecular weight excluding hydrogens is 354 g/mol. The van der Waals surface area contributed by atoms with Crippen LogP contribution in [-0.2, 0) is 11.3 Å². The molecule has 132 valence electrons. The maximum atomic E-state index is 12.6. The van der Waals surface area contributed by atoms with Crippen molar-refractivity contribution in [3.05, 3.63) is 70.7 Å². The van der Waals surface area contributed by atoms with Crippen LogP contribution in [0, 0.1) is 10.1 Å². The lowest BCUT2D eigenvalue weighted by molar-refractivity contribution is -0.389. The van der Waals surface area contributed by atoms with Crippen LogP contribution in [0.1, 0.15) is 0 Å². The second-order valence-electron chi connectivity index (χ2n) is 5.30. The van der Waals surface area contributed by atoms with Crippen molar-refractivity contribution in [3.8, 4) is 11.3 Å². The van der Waals surface area contributed by atoms with Gasteiger partial charge in [0.25, 0.3) is 5.91 Å². The van der Waals surface area contributed by atoms with Crippen LogP contribution in [0.25, 0.3) is 11.3 Å². The van der Waals surface area contributed by atoms with Crippen molar-refractivity contribution < 1.29 is 9.72 Å². The van der Waals surface area contributed by atoms with Gasteiger partial charge < -0.3 is 10.1 Å². The molecule has 1 aromatic carbocycles. The summed E-state index contributed by atoms with van der Waals surface area (Å²) in [5.74, 6) is -0.578. The Morgan fingerprint density at radius 2 is 2.12 bits per heavy atom. The van der Waals surface area contributed by atoms with Gasteiger partial charge in [-0.05, 0) is 4.92 Å². The molecule has 0 saturated carbocycles. The highest BCUT2D eigenvalue weighted by Crippen LogP contribution is 2.27. The van der Waals surface area contributed by atoms with E-state index in [1.807, 2.05) is 35.7 Å². The normalized spacial score (nSPS) is 10.5. The minimum atomic E-state index is -0.602. The molecule has 2 aromatic heterocycles. The zero-order chi connectivity index (χ0) is 18.5. The lowest BCUT2D eigenvalue weighted by atomic mass is 10.2. The molecule has 9 heteroatoms. The SMILES string of the molecule is C=CCN(C(=O)Cn1ccc([N+](=O)[O-])n1)c1nc(-c2ccccc2)cs1. The average Bonchev–Trinajstić information content (AvgIpc) is 3.30. The molecule has 0 unspecified atom stereocenters. The van der Waals surface area contributed by atoms with Crippen LogP contribution in [0.2, 0.25) is 0 Å². The number of nitrogens with zero attached hydrogens (tertiary/aromatic N) is 5. The number of carbonyl (C=O) groups excluding carboxylic acids is 1. The van der Waals surface area contributed by atoms with Gasteiger partial charge in [0.2, 0.25) is 0 Å². The Labute approximate surface area is 153 Å². The van der Waals surface area contributed by atoms with E-state index in [1.165, 1.54) is 33.2 Å². The molecule has 0 saturated heterocycles. The third-order valence-corrected chi connectivity index (χ3v) is 4.38. The highest BCUT2D eigenvalue weighted by atomic mass is 32.1. The Morgan fingerprint density at radius 3 is 2.77 bits per heavy atom. The molecule has 0 atom stereocenters. The molecule has 8 nitrogen and oxygen atoms in total. The van der Waals surface area contributed by atoms with E-state index in [0.29, 0.717) is 5.13 Å². The van der Waals surface area contributed by atoms with Gasteiger partial charge in [0, 0.05) is 17.5 Å². The number of thiazole rings is 1. The summed E-state index contributed by atoms with van der Waals surface area (Å²) in [7, 11) is 0. The maximum Gasteiger partial charge on any atom is 0.389 e. The van der Waals surface area contributed by atoms with Crippen molar-refractivity contribution in [1.29, 1.82) is 0 Å². The van der Waals surface area contributed by atoms with Gasteiger partial charge in [-0.3, -0.25) is 9.69 Å². The quantitative estimate of drug-likeness (QED) is 0.362. The molecule has 26 heavy (non-hydrogen) atoms. The summed E-state index contributed by atoms with van der Waals surface area (Å²) in [5, 5.41) is 16.9. The van der Waals surface area contributed by atoms with Crippen LogP contribution >= 0.6 is 11.3 Å². The third-order valence-electron chi connectivity index (χ3n) is 3.52. The fourth-order valence-electron chi connectivity index (χ4n) is 2.31. The molecular formula is C17H15N5O3S. The molecule has 0 aliphatic carbocycles. The summed E-state index contributed by atoms with van der Waals surface area (Å²) in [5.41, 5.74) is 1.74. The van der Waals surface area contributed by atoms with Crippen LogP contribution < -0.4 is 4.90 Å². The predicted octanol–water partition coefficient (Wildman–Crippen LogP) is 3.13. The average molecular weight is 369 g/mol. The van der Waals surface area contributed by atoms with Crippen LogP contribution in [0.5, 0.6) is 0 Å². The molecule has 2 heterocycles. The van der Waals surface area contributed by atoms with Crippen molar-refractivity contribution in [1.82, 2.24) is 14.8 Å². The van der Waals surface area contributed by atoms with Crippen molar-refractivity contribution >= 4 is 28.2 Å². The minimum Gasteiger partial charge on any atom is -0.358 e. The number of carbonyl (C=O) groups is 1. The molecule has 0 radical (unpaired) electrons. The molecule has 1 amide bonds. The highest BCUT2D eigenvalue weighted by Gasteiger charge is 2.21. The Kier molecular flexibility index (Phi) is 5.18. The molecule has 0 N–H and O–H groups in total. The first-order valence-corrected chi connectivity index (χ1v) is 8.56. The predicted molar refractivity (Wildman–Crippen MR) is 99.0 cm³/mol. The molecule has 0 bridgehead atoms. The second kappa shape index (κ2) is 7.70. The molecule has 3 rings (SSSR count). The van der Waals surface area contributed by atoms with E-state index in [4.69, 9.17) is 0 Å². The zero-order valence-electron chi connectivity index (χ0n) is 13.7. The fourth-order valence-corrected chi connectivity index (χ4v) is 3.17. The van der Waals surface area contributed by atoms with Gasteiger partial charge in [0.05, 0.1) is 23.1 Å². The van der Waals surface area contributed by atoms with Gasteiger partial charge in [-0.1, -0.05) is 36.4 Å². The molecule has 0 spiro atoms. The summed E-state index contributed by atoms with van der Waals surface area (Å²) in [6.45, 7) is 3.84. The van der Waals surface area contributed by atoms with Crippen LogP contribution in [0.15, 0.2) is 60.6 Å². The number of nitro groups is 1. The first-order chi connectivity index (χ1) is 12.6. The van der Waals surface area contributed by atoms with Gasteiger partial charge >= 0.3 is 5.82 Å². The van der Waals surface area contributed by atoms with E-state index in [9.17, 15) is 14.9 Å². The minimum absolute atomic E-state index is 0.123. The number of aromatic nitrogens is 3. The second-order valence-corrected chi connectivity index (χ2v) is 6.14. The smallest absolute Gasteiger partial charge is 0.358 e. The number of anilines is 1. The van der Waals surface area contributed by atoms with Gasteiger partial charge in [0.1, 0.15) is 6.54 Å². The van der Waals surface area contributed by atoms with Crippen molar-refractivity contribution in [2.24, 2.45) is 0 Å². The molecule has 0 aliphatic heterocycles. The topological polar surface area (TPSA) is 94.2 Å². The summed E-state index contributed by atoms with van der Waals surface area (Å²) in [4.78, 5) is 28.8. The standard InChI is InChI=1S/C17H15N5O3S/c1-2-9-21(16(23)11-20-10-8-15(19-20)22(24)25)17-18-14(12-26-17)13-6-4-3-5-7-13/h2-8,10,12H,1,9,11H2. The maximum absolute atomic E-state index is 12.6. The van der Waals surface area contributed by atoms with E-state index < -0.39 is 4.92 Å². The van der Waals surface area contributed by atoms with E-state index in [1.54, 1.807) is 6.08 Å². The van der Waals surface area contributed by atoms with Gasteiger partial charge in [-0.2, -0.15) is 4.68 Å².